The summed E-state index contributed by atoms with van der Waals surface area (Å²) in [7, 11) is 0. The molecule has 0 aliphatic heterocycles. The molecule has 1 N–H and O–H groups in total. The van der Waals surface area contributed by atoms with E-state index in [4.69, 9.17) is 9.15 Å². The molecule has 2 aromatic rings. The van der Waals surface area contributed by atoms with E-state index >= 15 is 0 Å². The van der Waals surface area contributed by atoms with Gasteiger partial charge in [0.25, 0.3) is 0 Å². The van der Waals surface area contributed by atoms with Gasteiger partial charge in [0.1, 0.15) is 0 Å². The monoisotopic (exact) mass is 275 g/mol. The van der Waals surface area contributed by atoms with E-state index in [0.717, 1.165) is 11.1 Å². The summed E-state index contributed by atoms with van der Waals surface area (Å²) >= 11 is 0. The zero-order valence-electron chi connectivity index (χ0n) is 11.5. The number of aryl methyl sites for hydroxylation is 1. The molecule has 0 fully saturated rings. The number of nitrogens with one attached hydrogen (secondary N) is 1. The lowest BCUT2D eigenvalue weighted by Gasteiger charge is -2.01. The van der Waals surface area contributed by atoms with Gasteiger partial charge < -0.3 is 9.15 Å². The van der Waals surface area contributed by atoms with Crippen LogP contribution in [0.5, 0.6) is 0 Å². The topological polar surface area (TPSA) is 77.2 Å². The van der Waals surface area contributed by atoms with Crippen molar-refractivity contribution in [2.75, 3.05) is 13.2 Å². The molecule has 6 heteroatoms. The quantitative estimate of drug-likeness (QED) is 0.808. The molecule has 0 aliphatic rings. The predicted octanol–water partition coefficient (Wildman–Crippen LogP) is 1.70. The van der Waals surface area contributed by atoms with E-state index in [9.17, 15) is 4.79 Å². The first-order valence-corrected chi connectivity index (χ1v) is 6.45. The number of rotatable bonds is 6. The first-order valence-electron chi connectivity index (χ1n) is 6.45. The second kappa shape index (κ2) is 6.81. The third-order valence-electron chi connectivity index (χ3n) is 2.69. The molecular formula is C14H17N3O3. The van der Waals surface area contributed by atoms with Crippen LogP contribution in [-0.2, 0) is 16.1 Å². The minimum absolute atomic E-state index is 0.121. The average Bonchev–Trinajstić information content (AvgIpc) is 2.88. The number of hydrogen-bond acceptors (Lipinski definition) is 6. The van der Waals surface area contributed by atoms with E-state index < -0.39 is 0 Å². The zero-order chi connectivity index (χ0) is 14.4. The molecule has 1 aromatic heterocycles. The van der Waals surface area contributed by atoms with Gasteiger partial charge in [-0.3, -0.25) is 10.1 Å². The number of ether oxygens (including phenoxy) is 1. The lowest BCUT2D eigenvalue weighted by molar-refractivity contribution is -0.142. The van der Waals surface area contributed by atoms with Gasteiger partial charge >= 0.3 is 5.97 Å². The van der Waals surface area contributed by atoms with Crippen LogP contribution in [0.1, 0.15) is 18.4 Å². The first-order chi connectivity index (χ1) is 9.70. The van der Waals surface area contributed by atoms with Gasteiger partial charge in [0.2, 0.25) is 11.8 Å². The number of aromatic nitrogens is 2. The summed E-state index contributed by atoms with van der Waals surface area (Å²) in [6.45, 7) is 4.58. The normalized spacial score (nSPS) is 10.5. The van der Waals surface area contributed by atoms with Gasteiger partial charge in [-0.15, -0.1) is 10.2 Å². The maximum atomic E-state index is 11.2. The fraction of sp³-hybridized carbons (Fsp3) is 0.357. The number of carbonyl (C=O) groups excluding carboxylic acids is 1. The highest BCUT2D eigenvalue weighted by atomic mass is 16.5. The van der Waals surface area contributed by atoms with Crippen LogP contribution in [0, 0.1) is 6.92 Å². The summed E-state index contributed by atoms with van der Waals surface area (Å²) in [5.74, 6) is 0.620. The Morgan fingerprint density at radius 1 is 1.35 bits per heavy atom. The Bertz CT molecular complexity index is 581. The van der Waals surface area contributed by atoms with Crippen molar-refractivity contribution in [1.82, 2.24) is 15.5 Å². The Balaban J connectivity index is 1.93. The van der Waals surface area contributed by atoms with Crippen molar-refractivity contribution in [2.24, 2.45) is 0 Å². The van der Waals surface area contributed by atoms with Crippen LogP contribution in [0.2, 0.25) is 0 Å². The molecule has 1 aromatic carbocycles. The largest absolute Gasteiger partial charge is 0.465 e. The van der Waals surface area contributed by atoms with Crippen molar-refractivity contribution in [3.8, 4) is 11.5 Å². The van der Waals surface area contributed by atoms with Crippen LogP contribution in [0.25, 0.3) is 11.5 Å². The fourth-order valence-electron chi connectivity index (χ4n) is 1.73. The lowest BCUT2D eigenvalue weighted by atomic mass is 10.1. The third-order valence-corrected chi connectivity index (χ3v) is 2.69. The molecule has 1 heterocycles. The van der Waals surface area contributed by atoms with Gasteiger partial charge in [0, 0.05) is 5.56 Å². The summed E-state index contributed by atoms with van der Waals surface area (Å²) in [4.78, 5) is 11.2. The molecule has 0 radical (unpaired) electrons. The van der Waals surface area contributed by atoms with Crippen LogP contribution in [0.3, 0.4) is 0 Å². The lowest BCUT2D eigenvalue weighted by Crippen LogP contribution is -2.24. The van der Waals surface area contributed by atoms with Crippen molar-refractivity contribution in [2.45, 2.75) is 20.4 Å². The maximum Gasteiger partial charge on any atom is 0.319 e. The Hall–Kier alpha value is -2.21. The van der Waals surface area contributed by atoms with Crippen molar-refractivity contribution in [3.63, 3.8) is 0 Å². The highest BCUT2D eigenvalue weighted by molar-refractivity contribution is 5.71. The van der Waals surface area contributed by atoms with Gasteiger partial charge in [-0.2, -0.15) is 0 Å². The summed E-state index contributed by atoms with van der Waals surface area (Å²) in [6, 6.07) is 7.79. The maximum absolute atomic E-state index is 11.2. The Morgan fingerprint density at radius 3 is 2.90 bits per heavy atom. The van der Waals surface area contributed by atoms with Gasteiger partial charge in [-0.1, -0.05) is 18.2 Å². The van der Waals surface area contributed by atoms with E-state index in [-0.39, 0.29) is 12.5 Å². The summed E-state index contributed by atoms with van der Waals surface area (Å²) in [5, 5.41) is 10.8. The smallest absolute Gasteiger partial charge is 0.319 e. The van der Waals surface area contributed by atoms with Crippen molar-refractivity contribution in [3.05, 3.63) is 35.7 Å². The number of nitrogens with zero attached hydrogens (tertiary/aromatic N) is 2. The fourth-order valence-corrected chi connectivity index (χ4v) is 1.73. The second-order valence-corrected chi connectivity index (χ2v) is 4.22. The second-order valence-electron chi connectivity index (χ2n) is 4.22. The van der Waals surface area contributed by atoms with Crippen LogP contribution in [0.15, 0.2) is 28.7 Å². The molecule has 0 amide bonds. The Labute approximate surface area is 117 Å². The number of hydrogen-bond donors (Lipinski definition) is 1. The van der Waals surface area contributed by atoms with Gasteiger partial charge in [-0.25, -0.2) is 0 Å². The predicted molar refractivity (Wildman–Crippen MR) is 72.8 cm³/mol. The minimum atomic E-state index is -0.300. The third kappa shape index (κ3) is 3.64. The van der Waals surface area contributed by atoms with E-state index in [0.29, 0.717) is 24.9 Å². The van der Waals surface area contributed by atoms with Gasteiger partial charge in [0.15, 0.2) is 0 Å². The number of benzene rings is 1. The van der Waals surface area contributed by atoms with Crippen LogP contribution >= 0.6 is 0 Å². The molecule has 0 atom stereocenters. The standard InChI is InChI=1S/C14H17N3O3/c1-3-19-13(18)9-15-8-12-16-17-14(20-12)11-7-5-4-6-10(11)2/h4-7,15H,3,8-9H2,1-2H3. The van der Waals surface area contributed by atoms with E-state index in [2.05, 4.69) is 15.5 Å². The molecule has 0 spiro atoms. The van der Waals surface area contributed by atoms with Crippen molar-refractivity contribution >= 4 is 5.97 Å². The molecule has 6 nitrogen and oxygen atoms in total. The molecule has 0 unspecified atom stereocenters. The molecule has 106 valence electrons. The van der Waals surface area contributed by atoms with Crippen molar-refractivity contribution < 1.29 is 13.9 Å². The van der Waals surface area contributed by atoms with Crippen LogP contribution < -0.4 is 5.32 Å². The Kier molecular flexibility index (Phi) is 4.84. The highest BCUT2D eigenvalue weighted by Gasteiger charge is 2.10. The van der Waals surface area contributed by atoms with E-state index in [1.54, 1.807) is 6.92 Å². The van der Waals surface area contributed by atoms with E-state index in [1.165, 1.54) is 0 Å². The van der Waals surface area contributed by atoms with Crippen LogP contribution in [-0.4, -0.2) is 29.3 Å². The molecule has 0 bridgehead atoms. The highest BCUT2D eigenvalue weighted by Crippen LogP contribution is 2.21. The molecule has 2 rings (SSSR count). The molecular weight excluding hydrogens is 258 g/mol. The number of esters is 1. The molecule has 0 aliphatic carbocycles. The van der Waals surface area contributed by atoms with E-state index in [1.807, 2.05) is 31.2 Å². The molecule has 20 heavy (non-hydrogen) atoms. The van der Waals surface area contributed by atoms with Crippen LogP contribution in [0.4, 0.5) is 0 Å². The van der Waals surface area contributed by atoms with Crippen molar-refractivity contribution in [1.29, 1.82) is 0 Å². The van der Waals surface area contributed by atoms with Gasteiger partial charge in [-0.05, 0) is 25.5 Å². The summed E-state index contributed by atoms with van der Waals surface area (Å²) in [5.41, 5.74) is 1.99. The number of carbonyl (C=O) groups is 1. The zero-order valence-corrected chi connectivity index (χ0v) is 11.5. The molecule has 0 saturated heterocycles. The summed E-state index contributed by atoms with van der Waals surface area (Å²) < 4.78 is 10.4. The molecule has 0 saturated carbocycles. The SMILES string of the molecule is CCOC(=O)CNCc1nnc(-c2ccccc2C)o1. The first kappa shape index (κ1) is 14.2. The summed E-state index contributed by atoms with van der Waals surface area (Å²) in [6.07, 6.45) is 0. The van der Waals surface area contributed by atoms with Gasteiger partial charge in [0.05, 0.1) is 19.7 Å². The average molecular weight is 275 g/mol. The minimum Gasteiger partial charge on any atom is -0.465 e. The Morgan fingerprint density at radius 2 is 2.15 bits per heavy atom.